The molecule has 0 aromatic heterocycles. The van der Waals surface area contributed by atoms with Crippen LogP contribution in [0, 0.1) is 6.92 Å². The van der Waals surface area contributed by atoms with Crippen molar-refractivity contribution in [3.05, 3.63) is 70.3 Å². The Morgan fingerprint density at radius 1 is 1.10 bits per heavy atom. The van der Waals surface area contributed by atoms with E-state index in [0.717, 1.165) is 40.9 Å². The lowest BCUT2D eigenvalue weighted by Crippen LogP contribution is -2.14. The zero-order valence-corrected chi connectivity index (χ0v) is 12.3. The summed E-state index contributed by atoms with van der Waals surface area (Å²) in [5.41, 5.74) is 5.10. The molecule has 0 heterocycles. The molecule has 0 atom stereocenters. The van der Waals surface area contributed by atoms with Crippen LogP contribution in [0.5, 0.6) is 5.75 Å². The molecule has 0 unspecified atom stereocenters. The van der Waals surface area contributed by atoms with Crippen molar-refractivity contribution < 1.29 is 9.53 Å². The number of hydrogen-bond acceptors (Lipinski definition) is 2. The molecule has 1 aliphatic carbocycles. The van der Waals surface area contributed by atoms with E-state index in [1.807, 2.05) is 36.4 Å². The zero-order valence-electron chi connectivity index (χ0n) is 12.3. The van der Waals surface area contributed by atoms with Gasteiger partial charge in [-0.25, -0.2) is 0 Å². The summed E-state index contributed by atoms with van der Waals surface area (Å²) in [4.78, 5) is 12.6. The van der Waals surface area contributed by atoms with E-state index in [1.165, 1.54) is 5.56 Å². The summed E-state index contributed by atoms with van der Waals surface area (Å²) in [6, 6.07) is 13.8. The number of fused-ring (bicyclic) bond motifs is 1. The first kappa shape index (κ1) is 13.6. The Balaban J connectivity index is 1.98. The molecule has 0 radical (unpaired) electrons. The van der Waals surface area contributed by atoms with Gasteiger partial charge in [0.1, 0.15) is 5.75 Å². The fourth-order valence-electron chi connectivity index (χ4n) is 2.76. The summed E-state index contributed by atoms with van der Waals surface area (Å²) >= 11 is 0. The Kier molecular flexibility index (Phi) is 3.61. The summed E-state index contributed by atoms with van der Waals surface area (Å²) in [7, 11) is 1.65. The first-order valence-electron chi connectivity index (χ1n) is 7.17. The maximum Gasteiger partial charge on any atom is 0.189 e. The standard InChI is InChI=1S/C19H18O2/c1-13-5-3-4-6-14(13)11-16-8-7-15-12-17(21-2)9-10-18(15)19(16)20/h3-6,9-12H,7-8H2,1-2H3/b16-11+. The van der Waals surface area contributed by atoms with Gasteiger partial charge in [-0.2, -0.15) is 0 Å². The quantitative estimate of drug-likeness (QED) is 0.769. The minimum atomic E-state index is 0.141. The van der Waals surface area contributed by atoms with Crippen molar-refractivity contribution in [2.75, 3.05) is 7.11 Å². The molecular formula is C19H18O2. The zero-order chi connectivity index (χ0) is 14.8. The first-order valence-corrected chi connectivity index (χ1v) is 7.17. The van der Waals surface area contributed by atoms with Gasteiger partial charge < -0.3 is 4.74 Å². The third-order valence-corrected chi connectivity index (χ3v) is 4.03. The van der Waals surface area contributed by atoms with Gasteiger partial charge in [0.05, 0.1) is 7.11 Å². The fourth-order valence-corrected chi connectivity index (χ4v) is 2.76. The molecule has 0 bridgehead atoms. The number of carbonyl (C=O) groups excluding carboxylic acids is 1. The van der Waals surface area contributed by atoms with Crippen LogP contribution >= 0.6 is 0 Å². The van der Waals surface area contributed by atoms with Crippen LogP contribution in [0.2, 0.25) is 0 Å². The van der Waals surface area contributed by atoms with Crippen LogP contribution in [0.3, 0.4) is 0 Å². The normalized spacial score (nSPS) is 15.9. The molecule has 0 amide bonds. The number of aryl methyl sites for hydroxylation is 2. The summed E-state index contributed by atoms with van der Waals surface area (Å²) < 4.78 is 5.23. The van der Waals surface area contributed by atoms with Gasteiger partial charge in [-0.3, -0.25) is 4.79 Å². The van der Waals surface area contributed by atoms with Gasteiger partial charge >= 0.3 is 0 Å². The van der Waals surface area contributed by atoms with Crippen molar-refractivity contribution in [3.63, 3.8) is 0 Å². The third kappa shape index (κ3) is 2.62. The van der Waals surface area contributed by atoms with Gasteiger partial charge in [-0.1, -0.05) is 24.3 Å². The number of benzene rings is 2. The Labute approximate surface area is 125 Å². The lowest BCUT2D eigenvalue weighted by molar-refractivity contribution is 0.102. The molecule has 3 rings (SSSR count). The van der Waals surface area contributed by atoms with Crippen LogP contribution in [0.25, 0.3) is 6.08 Å². The molecule has 2 nitrogen and oxygen atoms in total. The maximum atomic E-state index is 12.6. The monoisotopic (exact) mass is 278 g/mol. The second kappa shape index (κ2) is 5.57. The lowest BCUT2D eigenvalue weighted by atomic mass is 9.85. The van der Waals surface area contributed by atoms with E-state index >= 15 is 0 Å². The van der Waals surface area contributed by atoms with Crippen molar-refractivity contribution >= 4 is 11.9 Å². The highest BCUT2D eigenvalue weighted by Crippen LogP contribution is 2.29. The molecule has 0 fully saturated rings. The van der Waals surface area contributed by atoms with Gasteiger partial charge in [-0.05, 0) is 60.7 Å². The van der Waals surface area contributed by atoms with Gasteiger partial charge in [0.25, 0.3) is 0 Å². The molecule has 2 aromatic carbocycles. The van der Waals surface area contributed by atoms with E-state index in [4.69, 9.17) is 4.74 Å². The average Bonchev–Trinajstić information content (AvgIpc) is 2.51. The smallest absolute Gasteiger partial charge is 0.189 e. The Bertz CT molecular complexity index is 726. The van der Waals surface area contributed by atoms with Gasteiger partial charge in [0.15, 0.2) is 5.78 Å². The molecule has 1 aliphatic rings. The van der Waals surface area contributed by atoms with Crippen molar-refractivity contribution in [1.29, 1.82) is 0 Å². The Morgan fingerprint density at radius 2 is 1.90 bits per heavy atom. The number of methoxy groups -OCH3 is 1. The van der Waals surface area contributed by atoms with E-state index in [-0.39, 0.29) is 5.78 Å². The van der Waals surface area contributed by atoms with Crippen LogP contribution in [-0.4, -0.2) is 12.9 Å². The van der Waals surface area contributed by atoms with E-state index in [2.05, 4.69) is 19.1 Å². The topological polar surface area (TPSA) is 26.3 Å². The highest BCUT2D eigenvalue weighted by Gasteiger charge is 2.22. The van der Waals surface area contributed by atoms with Crippen molar-refractivity contribution in [2.45, 2.75) is 19.8 Å². The first-order chi connectivity index (χ1) is 10.2. The van der Waals surface area contributed by atoms with Crippen LogP contribution in [0.4, 0.5) is 0 Å². The summed E-state index contributed by atoms with van der Waals surface area (Å²) in [5.74, 6) is 0.954. The SMILES string of the molecule is COc1ccc2c(c1)CC/C(=C\c1ccccc1C)C2=O. The maximum absolute atomic E-state index is 12.6. The largest absolute Gasteiger partial charge is 0.497 e. The minimum Gasteiger partial charge on any atom is -0.497 e. The Morgan fingerprint density at radius 3 is 2.67 bits per heavy atom. The van der Waals surface area contributed by atoms with Crippen molar-refractivity contribution in [3.8, 4) is 5.75 Å². The van der Waals surface area contributed by atoms with E-state index < -0.39 is 0 Å². The third-order valence-electron chi connectivity index (χ3n) is 4.03. The van der Waals surface area contributed by atoms with Crippen molar-refractivity contribution in [2.24, 2.45) is 0 Å². The van der Waals surface area contributed by atoms with Crippen molar-refractivity contribution in [1.82, 2.24) is 0 Å². The highest BCUT2D eigenvalue weighted by atomic mass is 16.5. The number of rotatable bonds is 2. The fraction of sp³-hybridized carbons (Fsp3) is 0.211. The summed E-state index contributed by atoms with van der Waals surface area (Å²) in [6.07, 6.45) is 3.70. The predicted molar refractivity (Wildman–Crippen MR) is 84.8 cm³/mol. The molecule has 0 N–H and O–H groups in total. The van der Waals surface area contributed by atoms with Gasteiger partial charge in [-0.15, -0.1) is 0 Å². The molecule has 0 aliphatic heterocycles. The number of hydrogen-bond donors (Lipinski definition) is 0. The Hall–Kier alpha value is -2.35. The van der Waals surface area contributed by atoms with E-state index in [0.29, 0.717) is 0 Å². The van der Waals surface area contributed by atoms with E-state index in [9.17, 15) is 4.79 Å². The van der Waals surface area contributed by atoms with Crippen LogP contribution in [-0.2, 0) is 6.42 Å². The predicted octanol–water partition coefficient (Wildman–Crippen LogP) is 4.22. The van der Waals surface area contributed by atoms with Gasteiger partial charge in [0.2, 0.25) is 0 Å². The number of ketones is 1. The highest BCUT2D eigenvalue weighted by molar-refractivity contribution is 6.13. The molecular weight excluding hydrogens is 260 g/mol. The summed E-state index contributed by atoms with van der Waals surface area (Å²) in [6.45, 7) is 2.07. The number of Topliss-reactive ketones (excluding diaryl/α,β-unsaturated/α-hetero) is 1. The second-order valence-corrected chi connectivity index (χ2v) is 5.38. The number of ether oxygens (including phenoxy) is 1. The molecule has 106 valence electrons. The molecule has 2 aromatic rings. The number of allylic oxidation sites excluding steroid dienone is 1. The van der Waals surface area contributed by atoms with Crippen LogP contribution in [0.1, 0.15) is 33.5 Å². The minimum absolute atomic E-state index is 0.141. The summed E-state index contributed by atoms with van der Waals surface area (Å²) in [5, 5.41) is 0. The average molecular weight is 278 g/mol. The van der Waals surface area contributed by atoms with Crippen LogP contribution in [0.15, 0.2) is 48.0 Å². The second-order valence-electron chi connectivity index (χ2n) is 5.38. The molecule has 0 spiro atoms. The lowest BCUT2D eigenvalue weighted by Gasteiger charge is -2.18. The van der Waals surface area contributed by atoms with E-state index in [1.54, 1.807) is 7.11 Å². The van der Waals surface area contributed by atoms with Gasteiger partial charge in [0, 0.05) is 11.1 Å². The molecule has 0 saturated heterocycles. The molecule has 2 heteroatoms. The molecule has 0 saturated carbocycles. The molecule has 21 heavy (non-hydrogen) atoms. The number of carbonyl (C=O) groups is 1. The van der Waals surface area contributed by atoms with Crippen LogP contribution < -0.4 is 4.74 Å².